The Morgan fingerprint density at radius 2 is 1.72 bits per heavy atom. The van der Waals surface area contributed by atoms with Gasteiger partial charge in [-0.2, -0.15) is 11.8 Å². The number of carbonyl (C=O) groups excluding carboxylic acids is 2. The Kier molecular flexibility index (Phi) is 11.6. The molecule has 0 bridgehead atoms. The molecular weight excluding hydrogens is 444 g/mol. The lowest BCUT2D eigenvalue weighted by Gasteiger charge is -2.24. The molecule has 2 aromatic carbocycles. The van der Waals surface area contributed by atoms with E-state index in [0.717, 1.165) is 17.5 Å². The number of halogens is 1. The molecular formula is C25H33ClN2O3S. The van der Waals surface area contributed by atoms with Crippen molar-refractivity contribution in [3.05, 3.63) is 70.7 Å². The van der Waals surface area contributed by atoms with Gasteiger partial charge in [-0.3, -0.25) is 4.79 Å². The van der Waals surface area contributed by atoms with Crippen LogP contribution in [0.1, 0.15) is 31.4 Å². The van der Waals surface area contributed by atoms with Gasteiger partial charge < -0.3 is 15.4 Å². The van der Waals surface area contributed by atoms with E-state index in [4.69, 9.17) is 16.3 Å². The number of rotatable bonds is 13. The van der Waals surface area contributed by atoms with Crippen LogP contribution in [-0.4, -0.2) is 42.5 Å². The lowest BCUT2D eigenvalue weighted by atomic mass is 10.0. The minimum atomic E-state index is -0.453. The third-order valence-electron chi connectivity index (χ3n) is 4.93. The molecule has 7 heteroatoms. The lowest BCUT2D eigenvalue weighted by Crippen LogP contribution is -2.48. The molecule has 0 aliphatic heterocycles. The fourth-order valence-corrected chi connectivity index (χ4v) is 3.99. The number of amides is 1. The lowest BCUT2D eigenvalue weighted by molar-refractivity contribution is -0.118. The number of carbonyl (C=O) groups is 2. The van der Waals surface area contributed by atoms with Crippen LogP contribution in [0.25, 0.3) is 0 Å². The summed E-state index contributed by atoms with van der Waals surface area (Å²) in [7, 11) is 0. The van der Waals surface area contributed by atoms with Crippen molar-refractivity contribution >= 4 is 35.2 Å². The molecule has 0 heterocycles. The topological polar surface area (TPSA) is 67.4 Å². The second-order valence-electron chi connectivity index (χ2n) is 8.22. The van der Waals surface area contributed by atoms with Crippen molar-refractivity contribution in [3.8, 4) is 0 Å². The average Bonchev–Trinajstić information content (AvgIpc) is 2.77. The number of nitrogens with one attached hydrogen (secondary N) is 2. The maximum absolute atomic E-state index is 12.7. The zero-order valence-corrected chi connectivity index (χ0v) is 20.5. The molecule has 32 heavy (non-hydrogen) atoms. The monoisotopic (exact) mass is 476 g/mol. The molecule has 0 aliphatic rings. The van der Waals surface area contributed by atoms with Crippen molar-refractivity contribution in [3.63, 3.8) is 0 Å². The molecule has 0 spiro atoms. The fourth-order valence-electron chi connectivity index (χ4n) is 3.38. The number of hydrogen-bond donors (Lipinski definition) is 2. The highest BCUT2D eigenvalue weighted by molar-refractivity contribution is 7.99. The molecule has 2 aromatic rings. The minimum absolute atomic E-state index is 0.141. The number of benzene rings is 2. The fraction of sp³-hybridized carbons (Fsp3) is 0.440. The molecule has 2 unspecified atom stereocenters. The average molecular weight is 477 g/mol. The predicted octanol–water partition coefficient (Wildman–Crippen LogP) is 5.11. The van der Waals surface area contributed by atoms with Crippen LogP contribution < -0.4 is 10.6 Å². The molecule has 2 rings (SSSR count). The van der Waals surface area contributed by atoms with Gasteiger partial charge in [-0.1, -0.05) is 67.9 Å². The van der Waals surface area contributed by atoms with E-state index < -0.39 is 6.09 Å². The Hall–Kier alpha value is -2.02. The predicted molar refractivity (Wildman–Crippen MR) is 133 cm³/mol. The van der Waals surface area contributed by atoms with Crippen molar-refractivity contribution in [2.24, 2.45) is 5.92 Å². The largest absolute Gasteiger partial charge is 0.445 e. The number of alkyl carbamates (subject to hydrolysis) is 1. The maximum Gasteiger partial charge on any atom is 0.407 e. The van der Waals surface area contributed by atoms with Gasteiger partial charge in [0.2, 0.25) is 0 Å². The summed E-state index contributed by atoms with van der Waals surface area (Å²) >= 11 is 7.50. The summed E-state index contributed by atoms with van der Waals surface area (Å²) < 4.78 is 5.38. The molecule has 2 N–H and O–H groups in total. The van der Waals surface area contributed by atoms with Gasteiger partial charge in [-0.05, 0) is 48.3 Å². The van der Waals surface area contributed by atoms with Gasteiger partial charge in [-0.25, -0.2) is 4.79 Å². The van der Waals surface area contributed by atoms with Crippen molar-refractivity contribution in [2.75, 3.05) is 18.6 Å². The van der Waals surface area contributed by atoms with Gasteiger partial charge in [0.05, 0.1) is 11.8 Å². The van der Waals surface area contributed by atoms with Crippen LogP contribution in [0.4, 0.5) is 4.79 Å². The molecule has 174 valence electrons. The Morgan fingerprint density at radius 3 is 2.34 bits per heavy atom. The van der Waals surface area contributed by atoms with E-state index in [2.05, 4.69) is 24.5 Å². The summed E-state index contributed by atoms with van der Waals surface area (Å²) in [5, 5.41) is 7.01. The van der Waals surface area contributed by atoms with Gasteiger partial charge >= 0.3 is 6.09 Å². The van der Waals surface area contributed by atoms with Crippen molar-refractivity contribution < 1.29 is 14.3 Å². The van der Waals surface area contributed by atoms with Crippen LogP contribution >= 0.6 is 23.4 Å². The standard InChI is InChI=1S/C25H33ClN2O3S/c1-18(2)13-22(28-25(30)31-16-20-7-5-4-6-8-20)15-27-23(24(29)17-32-3)14-19-9-11-21(26)12-10-19/h4-12,18,22-23,27H,13-17H2,1-3H3,(H,28,30). The molecule has 0 saturated heterocycles. The van der Waals surface area contributed by atoms with E-state index in [0.29, 0.717) is 29.7 Å². The molecule has 1 amide bonds. The van der Waals surface area contributed by atoms with E-state index in [1.165, 1.54) is 11.8 Å². The molecule has 2 atom stereocenters. The van der Waals surface area contributed by atoms with Crippen LogP contribution in [-0.2, 0) is 22.6 Å². The molecule has 0 saturated carbocycles. The highest BCUT2D eigenvalue weighted by Crippen LogP contribution is 2.13. The molecule has 0 fully saturated rings. The minimum Gasteiger partial charge on any atom is -0.445 e. The first-order valence-electron chi connectivity index (χ1n) is 10.8. The number of hydrogen-bond acceptors (Lipinski definition) is 5. The molecule has 5 nitrogen and oxygen atoms in total. The molecule has 0 aliphatic carbocycles. The van der Waals surface area contributed by atoms with E-state index in [1.807, 2.05) is 60.9 Å². The second kappa shape index (κ2) is 14.2. The Labute approximate surface area is 200 Å². The summed E-state index contributed by atoms with van der Waals surface area (Å²) in [6, 6.07) is 16.6. The quantitative estimate of drug-likeness (QED) is 0.420. The van der Waals surface area contributed by atoms with E-state index in [9.17, 15) is 9.59 Å². The number of ether oxygens (including phenoxy) is 1. The first-order chi connectivity index (χ1) is 15.4. The Morgan fingerprint density at radius 1 is 1.03 bits per heavy atom. The van der Waals surface area contributed by atoms with Crippen LogP contribution in [0, 0.1) is 5.92 Å². The third-order valence-corrected chi connectivity index (χ3v) is 5.75. The summed E-state index contributed by atoms with van der Waals surface area (Å²) in [6.45, 7) is 4.92. The van der Waals surface area contributed by atoms with E-state index in [1.54, 1.807) is 0 Å². The van der Waals surface area contributed by atoms with Gasteiger partial charge in [0.1, 0.15) is 6.61 Å². The van der Waals surface area contributed by atoms with Crippen molar-refractivity contribution in [1.82, 2.24) is 10.6 Å². The molecule has 0 aromatic heterocycles. The van der Waals surface area contributed by atoms with Gasteiger partial charge in [0.15, 0.2) is 5.78 Å². The number of Topliss-reactive ketones (excluding diaryl/α,β-unsaturated/α-hetero) is 1. The summed E-state index contributed by atoms with van der Waals surface area (Å²) in [6.07, 6.45) is 2.82. The normalized spacial score (nSPS) is 12.9. The summed E-state index contributed by atoms with van der Waals surface area (Å²) in [4.78, 5) is 25.1. The first-order valence-corrected chi connectivity index (χ1v) is 12.6. The zero-order valence-electron chi connectivity index (χ0n) is 19.0. The van der Waals surface area contributed by atoms with Crippen LogP contribution in [0.3, 0.4) is 0 Å². The van der Waals surface area contributed by atoms with Crippen LogP contribution in [0.5, 0.6) is 0 Å². The van der Waals surface area contributed by atoms with Gasteiger partial charge in [-0.15, -0.1) is 0 Å². The molecule has 0 radical (unpaired) electrons. The Bertz CT molecular complexity index is 831. The number of ketones is 1. The smallest absolute Gasteiger partial charge is 0.407 e. The van der Waals surface area contributed by atoms with Crippen molar-refractivity contribution in [2.45, 2.75) is 45.4 Å². The van der Waals surface area contributed by atoms with Crippen molar-refractivity contribution in [1.29, 1.82) is 0 Å². The van der Waals surface area contributed by atoms with Crippen LogP contribution in [0.15, 0.2) is 54.6 Å². The highest BCUT2D eigenvalue weighted by Gasteiger charge is 2.21. The summed E-state index contributed by atoms with van der Waals surface area (Å²) in [5.74, 6) is 0.961. The van der Waals surface area contributed by atoms with Gasteiger partial charge in [0.25, 0.3) is 0 Å². The first kappa shape index (κ1) is 26.2. The highest BCUT2D eigenvalue weighted by atomic mass is 35.5. The van der Waals surface area contributed by atoms with Gasteiger partial charge in [0, 0.05) is 17.6 Å². The Balaban J connectivity index is 1.96. The van der Waals surface area contributed by atoms with E-state index in [-0.39, 0.29) is 24.5 Å². The SMILES string of the molecule is CSCC(=O)C(Cc1ccc(Cl)cc1)NCC(CC(C)C)NC(=O)OCc1ccccc1. The summed E-state index contributed by atoms with van der Waals surface area (Å²) in [5.41, 5.74) is 1.98. The number of thioether (sulfide) groups is 1. The van der Waals surface area contributed by atoms with E-state index >= 15 is 0 Å². The third kappa shape index (κ3) is 10.1. The zero-order chi connectivity index (χ0) is 23.3. The maximum atomic E-state index is 12.7. The van der Waals surface area contributed by atoms with Crippen LogP contribution in [0.2, 0.25) is 5.02 Å². The second-order valence-corrected chi connectivity index (χ2v) is 9.53.